The lowest BCUT2D eigenvalue weighted by molar-refractivity contribution is -0.0904. The van der Waals surface area contributed by atoms with Gasteiger partial charge in [0.15, 0.2) is 0 Å². The fourth-order valence-corrected chi connectivity index (χ4v) is 6.47. The molecular weight excluding hydrogens is 284 g/mol. The summed E-state index contributed by atoms with van der Waals surface area (Å²) in [4.78, 5) is 0. The fourth-order valence-electron chi connectivity index (χ4n) is 6.47. The second kappa shape index (κ2) is 5.07. The van der Waals surface area contributed by atoms with Gasteiger partial charge in [-0.2, -0.15) is 0 Å². The van der Waals surface area contributed by atoms with Crippen molar-refractivity contribution in [1.82, 2.24) is 0 Å². The summed E-state index contributed by atoms with van der Waals surface area (Å²) in [6.45, 7) is 6.86. The zero-order valence-electron chi connectivity index (χ0n) is 14.6. The van der Waals surface area contributed by atoms with Crippen LogP contribution in [-0.4, -0.2) is 22.4 Å². The molecule has 0 unspecified atom stereocenters. The van der Waals surface area contributed by atoms with E-state index in [-0.39, 0.29) is 16.9 Å². The maximum absolute atomic E-state index is 10.8. The van der Waals surface area contributed by atoms with Crippen molar-refractivity contribution in [3.05, 3.63) is 35.5 Å². The van der Waals surface area contributed by atoms with Crippen LogP contribution in [0, 0.1) is 28.6 Å². The Morgan fingerprint density at radius 2 is 2.04 bits per heavy atom. The summed E-state index contributed by atoms with van der Waals surface area (Å²) in [5.74, 6) is 1.77. The standard InChI is InChI=1S/C21H30O2/c1-4-13-6-8-17-16-7-5-14-11-15(22)12-19(23)21(14,3)18(16)9-10-20(13,17)2/h4-6,8,15-19,22-23H,7,9-12H2,1-3H3/b13-4-/t15-,16+,17+,18+,19+,20-,21+/m1/s1. The lowest BCUT2D eigenvalue weighted by atomic mass is 9.47. The normalized spacial score (nSPS) is 53.5. The van der Waals surface area contributed by atoms with Crippen molar-refractivity contribution in [2.75, 3.05) is 0 Å². The number of rotatable bonds is 0. The molecule has 2 saturated carbocycles. The largest absolute Gasteiger partial charge is 0.393 e. The molecule has 0 aromatic heterocycles. The zero-order chi connectivity index (χ0) is 16.4. The summed E-state index contributed by atoms with van der Waals surface area (Å²) >= 11 is 0. The molecule has 2 nitrogen and oxygen atoms in total. The molecule has 0 amide bonds. The maximum atomic E-state index is 10.8. The Morgan fingerprint density at radius 3 is 2.78 bits per heavy atom. The van der Waals surface area contributed by atoms with Gasteiger partial charge in [0.05, 0.1) is 12.2 Å². The highest BCUT2D eigenvalue weighted by Gasteiger charge is 2.58. The number of aliphatic hydroxyl groups excluding tert-OH is 2. The molecule has 7 atom stereocenters. The lowest BCUT2D eigenvalue weighted by Gasteiger charge is -2.58. The molecule has 0 bridgehead atoms. The Bertz CT molecular complexity index is 601. The average Bonchev–Trinajstić information content (AvgIpc) is 2.85. The van der Waals surface area contributed by atoms with E-state index in [9.17, 15) is 10.2 Å². The van der Waals surface area contributed by atoms with E-state index in [0.717, 1.165) is 12.8 Å². The Labute approximate surface area is 140 Å². The molecular formula is C21H30O2. The first-order chi connectivity index (χ1) is 10.9. The van der Waals surface area contributed by atoms with Gasteiger partial charge in [0.25, 0.3) is 0 Å². The lowest BCUT2D eigenvalue weighted by Crippen LogP contribution is -2.55. The van der Waals surface area contributed by atoms with Gasteiger partial charge in [-0.05, 0) is 61.3 Å². The topological polar surface area (TPSA) is 40.5 Å². The fraction of sp³-hybridized carbons (Fsp3) is 0.714. The summed E-state index contributed by atoms with van der Waals surface area (Å²) in [6, 6.07) is 0. The van der Waals surface area contributed by atoms with Crippen molar-refractivity contribution in [3.8, 4) is 0 Å². The molecule has 4 aliphatic carbocycles. The van der Waals surface area contributed by atoms with E-state index in [1.54, 1.807) is 0 Å². The van der Waals surface area contributed by atoms with Gasteiger partial charge in [-0.1, -0.05) is 43.7 Å². The Balaban J connectivity index is 1.73. The molecule has 4 aliphatic rings. The minimum atomic E-state index is -0.402. The molecule has 0 saturated heterocycles. The van der Waals surface area contributed by atoms with E-state index in [1.165, 1.54) is 24.0 Å². The van der Waals surface area contributed by atoms with Crippen LogP contribution in [0.25, 0.3) is 0 Å². The third-order valence-electron chi connectivity index (χ3n) is 7.88. The molecule has 0 aromatic carbocycles. The van der Waals surface area contributed by atoms with E-state index in [1.807, 2.05) is 0 Å². The second-order valence-corrected chi connectivity index (χ2v) is 8.71. The molecule has 126 valence electrons. The molecule has 0 heterocycles. The van der Waals surface area contributed by atoms with Crippen molar-refractivity contribution in [2.45, 2.75) is 65.1 Å². The predicted molar refractivity (Wildman–Crippen MR) is 92.8 cm³/mol. The minimum absolute atomic E-state index is 0.129. The van der Waals surface area contributed by atoms with Crippen molar-refractivity contribution in [3.63, 3.8) is 0 Å². The van der Waals surface area contributed by atoms with Gasteiger partial charge in [-0.15, -0.1) is 0 Å². The Morgan fingerprint density at radius 1 is 1.26 bits per heavy atom. The third-order valence-corrected chi connectivity index (χ3v) is 7.88. The Hall–Kier alpha value is -0.860. The summed E-state index contributed by atoms with van der Waals surface area (Å²) in [5, 5.41) is 20.9. The van der Waals surface area contributed by atoms with E-state index in [0.29, 0.717) is 24.2 Å². The van der Waals surface area contributed by atoms with Gasteiger partial charge in [-0.25, -0.2) is 0 Å². The number of hydrogen-bond acceptors (Lipinski definition) is 2. The molecule has 0 radical (unpaired) electrons. The van der Waals surface area contributed by atoms with Gasteiger partial charge >= 0.3 is 0 Å². The quantitative estimate of drug-likeness (QED) is 0.663. The number of hydrogen-bond donors (Lipinski definition) is 2. The van der Waals surface area contributed by atoms with E-state index in [4.69, 9.17) is 0 Å². The second-order valence-electron chi connectivity index (χ2n) is 8.71. The van der Waals surface area contributed by atoms with Gasteiger partial charge in [-0.3, -0.25) is 0 Å². The molecule has 23 heavy (non-hydrogen) atoms. The number of aliphatic hydroxyl groups is 2. The molecule has 0 aromatic rings. The molecule has 0 aliphatic heterocycles. The molecule has 2 heteroatoms. The van der Waals surface area contributed by atoms with Crippen LogP contribution in [0.2, 0.25) is 0 Å². The van der Waals surface area contributed by atoms with Crippen molar-refractivity contribution < 1.29 is 10.2 Å². The smallest absolute Gasteiger partial charge is 0.0658 e. The molecule has 0 spiro atoms. The van der Waals surface area contributed by atoms with Crippen molar-refractivity contribution in [1.29, 1.82) is 0 Å². The molecule has 4 rings (SSSR count). The number of fused-ring (bicyclic) bond motifs is 5. The van der Waals surface area contributed by atoms with Crippen LogP contribution in [0.5, 0.6) is 0 Å². The van der Waals surface area contributed by atoms with Crippen LogP contribution in [0.4, 0.5) is 0 Å². The maximum Gasteiger partial charge on any atom is 0.0658 e. The summed E-state index contributed by atoms with van der Waals surface area (Å²) in [5.41, 5.74) is 2.98. The highest BCUT2D eigenvalue weighted by Crippen LogP contribution is 2.64. The first-order valence-electron chi connectivity index (χ1n) is 9.32. The zero-order valence-corrected chi connectivity index (χ0v) is 14.6. The molecule has 2 N–H and O–H groups in total. The van der Waals surface area contributed by atoms with E-state index >= 15 is 0 Å². The van der Waals surface area contributed by atoms with Crippen LogP contribution >= 0.6 is 0 Å². The highest BCUT2D eigenvalue weighted by atomic mass is 16.3. The molecule has 2 fully saturated rings. The monoisotopic (exact) mass is 314 g/mol. The Kier molecular flexibility index (Phi) is 3.45. The highest BCUT2D eigenvalue weighted by molar-refractivity contribution is 5.38. The van der Waals surface area contributed by atoms with Crippen LogP contribution in [0.15, 0.2) is 35.5 Å². The SMILES string of the molecule is C/C=C1/C=C[C@H]2[C@@H]3CC=C4C[C@@H](O)C[C@H](O)[C@]4(C)[C@H]3CC[C@]12C. The van der Waals surface area contributed by atoms with E-state index < -0.39 is 6.10 Å². The van der Waals surface area contributed by atoms with Gasteiger partial charge in [0, 0.05) is 11.8 Å². The van der Waals surface area contributed by atoms with Gasteiger partial charge < -0.3 is 10.2 Å². The van der Waals surface area contributed by atoms with Crippen molar-refractivity contribution in [2.24, 2.45) is 28.6 Å². The van der Waals surface area contributed by atoms with Crippen LogP contribution in [0.1, 0.15) is 52.9 Å². The summed E-state index contributed by atoms with van der Waals surface area (Å²) in [6.07, 6.45) is 13.5. The summed E-state index contributed by atoms with van der Waals surface area (Å²) in [7, 11) is 0. The predicted octanol–water partition coefficient (Wildman–Crippen LogP) is 4.00. The van der Waals surface area contributed by atoms with E-state index in [2.05, 4.69) is 45.1 Å². The average molecular weight is 314 g/mol. The summed E-state index contributed by atoms with van der Waals surface area (Å²) < 4.78 is 0. The first-order valence-corrected chi connectivity index (χ1v) is 9.32. The first kappa shape index (κ1) is 15.7. The van der Waals surface area contributed by atoms with Crippen LogP contribution < -0.4 is 0 Å². The third kappa shape index (κ3) is 1.94. The van der Waals surface area contributed by atoms with Crippen LogP contribution in [-0.2, 0) is 0 Å². The van der Waals surface area contributed by atoms with Gasteiger partial charge in [0.1, 0.15) is 0 Å². The van der Waals surface area contributed by atoms with Gasteiger partial charge in [0.2, 0.25) is 0 Å². The minimum Gasteiger partial charge on any atom is -0.393 e. The van der Waals surface area contributed by atoms with Crippen LogP contribution in [0.3, 0.4) is 0 Å². The van der Waals surface area contributed by atoms with Crippen molar-refractivity contribution >= 4 is 0 Å². The number of allylic oxidation sites excluding steroid dienone is 5.